The largest absolute Gasteiger partial charge is 0.452 e. The molecule has 1 aliphatic rings. The van der Waals surface area contributed by atoms with Crippen LogP contribution in [0.15, 0.2) is 24.3 Å². The van der Waals surface area contributed by atoms with Gasteiger partial charge in [0.15, 0.2) is 6.61 Å². The van der Waals surface area contributed by atoms with E-state index in [4.69, 9.17) is 4.74 Å². The van der Waals surface area contributed by atoms with Crippen LogP contribution < -0.4 is 5.32 Å². The number of amides is 1. The Labute approximate surface area is 153 Å². The molecule has 1 aromatic heterocycles. The summed E-state index contributed by atoms with van der Waals surface area (Å²) in [5.41, 5.74) is 2.64. The lowest BCUT2D eigenvalue weighted by Gasteiger charge is -2.24. The van der Waals surface area contributed by atoms with Crippen LogP contribution in [0.4, 0.5) is 13.2 Å². The number of alkyl halides is 3. The number of carbonyl (C=O) groups is 2. The molecule has 1 heterocycles. The highest BCUT2D eigenvalue weighted by atomic mass is 19.4. The molecule has 1 atom stereocenters. The molecule has 0 saturated heterocycles. The van der Waals surface area contributed by atoms with E-state index in [-0.39, 0.29) is 0 Å². The molecule has 3 rings (SSSR count). The molecule has 0 aliphatic heterocycles. The molecule has 0 saturated carbocycles. The quantitative estimate of drug-likeness (QED) is 0.828. The van der Waals surface area contributed by atoms with Crippen molar-refractivity contribution in [3.05, 3.63) is 41.1 Å². The molecule has 144 valence electrons. The lowest BCUT2D eigenvalue weighted by atomic mass is 9.84. The Morgan fingerprint density at radius 1 is 1.30 bits per heavy atom. The number of pyridine rings is 1. The second-order valence-electron chi connectivity index (χ2n) is 6.75. The van der Waals surface area contributed by atoms with Crippen molar-refractivity contribution >= 4 is 22.8 Å². The lowest BCUT2D eigenvalue weighted by Crippen LogP contribution is -2.36. The Morgan fingerprint density at radius 3 is 2.78 bits per heavy atom. The number of hydrogen-bond donors (Lipinski definition) is 1. The number of para-hydroxylation sites is 1. The van der Waals surface area contributed by atoms with Gasteiger partial charge in [-0.25, -0.2) is 4.79 Å². The maximum absolute atomic E-state index is 12.7. The standard InChI is InChI=1S/C19H19F3N2O3/c1-11-6-7-15-13(8-11)17(12-4-2-3-5-14(12)24-15)18(26)27-9-16(25)23-10-19(20,21)22/h2-5,11H,6-10H2,1H3,(H,23,25)/t11-/m0/s1. The van der Waals surface area contributed by atoms with E-state index in [0.717, 1.165) is 24.1 Å². The summed E-state index contributed by atoms with van der Waals surface area (Å²) >= 11 is 0. The highest BCUT2D eigenvalue weighted by molar-refractivity contribution is 6.05. The monoisotopic (exact) mass is 380 g/mol. The van der Waals surface area contributed by atoms with Gasteiger partial charge < -0.3 is 10.1 Å². The maximum atomic E-state index is 12.7. The summed E-state index contributed by atoms with van der Waals surface area (Å²) in [6.45, 7) is -0.151. The summed E-state index contributed by atoms with van der Waals surface area (Å²) in [7, 11) is 0. The smallest absolute Gasteiger partial charge is 0.405 e. The second-order valence-corrected chi connectivity index (χ2v) is 6.75. The Morgan fingerprint density at radius 2 is 2.04 bits per heavy atom. The second kappa shape index (κ2) is 7.54. The third-order valence-corrected chi connectivity index (χ3v) is 4.53. The van der Waals surface area contributed by atoms with Gasteiger partial charge in [0.05, 0.1) is 11.1 Å². The van der Waals surface area contributed by atoms with Crippen molar-refractivity contribution in [2.24, 2.45) is 5.92 Å². The van der Waals surface area contributed by atoms with Crippen LogP contribution in [0.2, 0.25) is 0 Å². The summed E-state index contributed by atoms with van der Waals surface area (Å²) in [6.07, 6.45) is -2.14. The van der Waals surface area contributed by atoms with E-state index < -0.39 is 31.2 Å². The van der Waals surface area contributed by atoms with Gasteiger partial charge >= 0.3 is 12.1 Å². The molecule has 5 nitrogen and oxygen atoms in total. The third kappa shape index (κ3) is 4.56. The molecule has 1 N–H and O–H groups in total. The number of nitrogens with zero attached hydrogens (tertiary/aromatic N) is 1. The van der Waals surface area contributed by atoms with Crippen molar-refractivity contribution in [3.8, 4) is 0 Å². The van der Waals surface area contributed by atoms with Gasteiger partial charge in [0.1, 0.15) is 6.54 Å². The average Bonchev–Trinajstić information content (AvgIpc) is 2.62. The molecule has 2 aromatic rings. The molecule has 8 heteroatoms. The van der Waals surface area contributed by atoms with Gasteiger partial charge in [0.25, 0.3) is 5.91 Å². The molecule has 0 fully saturated rings. The van der Waals surface area contributed by atoms with E-state index in [1.807, 2.05) is 6.07 Å². The first-order chi connectivity index (χ1) is 12.7. The molecule has 0 unspecified atom stereocenters. The van der Waals surface area contributed by atoms with Crippen LogP contribution in [0.25, 0.3) is 10.9 Å². The molecular formula is C19H19F3N2O3. The van der Waals surface area contributed by atoms with Gasteiger partial charge in [0, 0.05) is 11.1 Å². The van der Waals surface area contributed by atoms with Crippen LogP contribution in [-0.4, -0.2) is 36.2 Å². The van der Waals surface area contributed by atoms with E-state index in [2.05, 4.69) is 11.9 Å². The third-order valence-electron chi connectivity index (χ3n) is 4.53. The first kappa shape index (κ1) is 19.1. The van der Waals surface area contributed by atoms with Crippen LogP contribution in [0.1, 0.15) is 35.0 Å². The summed E-state index contributed by atoms with van der Waals surface area (Å²) in [6, 6.07) is 7.13. The zero-order valence-electron chi connectivity index (χ0n) is 14.7. The average molecular weight is 380 g/mol. The SMILES string of the molecule is C[C@H]1CCc2nc3ccccc3c(C(=O)OCC(=O)NCC(F)(F)F)c2C1. The van der Waals surface area contributed by atoms with Crippen LogP contribution in [-0.2, 0) is 22.4 Å². The number of ether oxygens (including phenoxy) is 1. The maximum Gasteiger partial charge on any atom is 0.405 e. The number of nitrogens with one attached hydrogen (secondary N) is 1. The minimum Gasteiger partial charge on any atom is -0.452 e. The fraction of sp³-hybridized carbons (Fsp3) is 0.421. The first-order valence-corrected chi connectivity index (χ1v) is 8.65. The fourth-order valence-corrected chi connectivity index (χ4v) is 3.25. The number of aryl methyl sites for hydroxylation is 1. The Hall–Kier alpha value is -2.64. The number of aromatic nitrogens is 1. The fourth-order valence-electron chi connectivity index (χ4n) is 3.25. The zero-order valence-corrected chi connectivity index (χ0v) is 14.7. The summed E-state index contributed by atoms with van der Waals surface area (Å²) in [5.74, 6) is -1.34. The summed E-state index contributed by atoms with van der Waals surface area (Å²) in [4.78, 5) is 28.9. The summed E-state index contributed by atoms with van der Waals surface area (Å²) < 4.78 is 41.5. The van der Waals surface area contributed by atoms with Crippen molar-refractivity contribution in [1.82, 2.24) is 10.3 Å². The minimum absolute atomic E-state index is 0.353. The van der Waals surface area contributed by atoms with E-state index in [9.17, 15) is 22.8 Å². The van der Waals surface area contributed by atoms with E-state index in [0.29, 0.717) is 28.8 Å². The van der Waals surface area contributed by atoms with Gasteiger partial charge in [0.2, 0.25) is 0 Å². The normalized spacial score (nSPS) is 16.7. The van der Waals surface area contributed by atoms with Crippen LogP contribution >= 0.6 is 0 Å². The highest BCUT2D eigenvalue weighted by Crippen LogP contribution is 2.31. The van der Waals surface area contributed by atoms with Gasteiger partial charge in [-0.15, -0.1) is 0 Å². The molecule has 0 bridgehead atoms. The summed E-state index contributed by atoms with van der Waals surface area (Å²) in [5, 5.41) is 2.30. The van der Waals surface area contributed by atoms with E-state index in [1.54, 1.807) is 23.5 Å². The van der Waals surface area contributed by atoms with Crippen molar-refractivity contribution in [1.29, 1.82) is 0 Å². The van der Waals surface area contributed by atoms with Crippen molar-refractivity contribution < 1.29 is 27.5 Å². The van der Waals surface area contributed by atoms with Crippen molar-refractivity contribution in [3.63, 3.8) is 0 Å². The molecule has 0 spiro atoms. The van der Waals surface area contributed by atoms with E-state index in [1.165, 1.54) is 0 Å². The Bertz CT molecular complexity index is 880. The minimum atomic E-state index is -4.52. The number of fused-ring (bicyclic) bond motifs is 2. The van der Waals surface area contributed by atoms with Gasteiger partial charge in [-0.05, 0) is 36.8 Å². The number of esters is 1. The molecule has 27 heavy (non-hydrogen) atoms. The van der Waals surface area contributed by atoms with Crippen molar-refractivity contribution in [2.75, 3.05) is 13.2 Å². The topological polar surface area (TPSA) is 68.3 Å². The molecule has 0 radical (unpaired) electrons. The predicted molar refractivity (Wildman–Crippen MR) is 92.3 cm³/mol. The molecule has 1 aromatic carbocycles. The highest BCUT2D eigenvalue weighted by Gasteiger charge is 2.29. The number of carbonyl (C=O) groups excluding carboxylic acids is 2. The van der Waals surface area contributed by atoms with Crippen LogP contribution in [0.3, 0.4) is 0 Å². The van der Waals surface area contributed by atoms with Crippen LogP contribution in [0.5, 0.6) is 0 Å². The molecule has 1 amide bonds. The molecular weight excluding hydrogens is 361 g/mol. The number of halogens is 3. The number of hydrogen-bond acceptors (Lipinski definition) is 4. The van der Waals surface area contributed by atoms with Crippen molar-refractivity contribution in [2.45, 2.75) is 32.4 Å². The van der Waals surface area contributed by atoms with Gasteiger partial charge in [-0.2, -0.15) is 13.2 Å². The van der Waals surface area contributed by atoms with Crippen LogP contribution in [0, 0.1) is 5.92 Å². The Kier molecular flexibility index (Phi) is 5.34. The zero-order chi connectivity index (χ0) is 19.6. The van der Waals surface area contributed by atoms with Gasteiger partial charge in [-0.1, -0.05) is 25.1 Å². The first-order valence-electron chi connectivity index (χ1n) is 8.65. The van der Waals surface area contributed by atoms with E-state index >= 15 is 0 Å². The van der Waals surface area contributed by atoms with Gasteiger partial charge in [-0.3, -0.25) is 9.78 Å². The number of rotatable bonds is 4. The molecule has 1 aliphatic carbocycles. The lowest BCUT2D eigenvalue weighted by molar-refractivity contribution is -0.140. The Balaban J connectivity index is 1.83. The number of benzene rings is 1. The predicted octanol–water partition coefficient (Wildman–Crippen LogP) is 3.19.